The van der Waals surface area contributed by atoms with Gasteiger partial charge in [-0.25, -0.2) is 4.99 Å². The van der Waals surface area contributed by atoms with Crippen LogP contribution in [0.1, 0.15) is 55.9 Å². The molecule has 1 aromatic carbocycles. The first-order valence-corrected chi connectivity index (χ1v) is 10.9. The minimum atomic E-state index is -1.06. The van der Waals surface area contributed by atoms with Gasteiger partial charge in [-0.3, -0.25) is 4.68 Å². The van der Waals surface area contributed by atoms with Gasteiger partial charge in [0.15, 0.2) is 5.96 Å². The number of rotatable bonds is 9. The summed E-state index contributed by atoms with van der Waals surface area (Å²) in [5.74, 6) is 0.699. The second kappa shape index (κ2) is 10.6. The predicted octanol–water partition coefficient (Wildman–Crippen LogP) is 2.67. The molecule has 164 valence electrons. The third kappa shape index (κ3) is 6.06. The molecule has 0 saturated heterocycles. The number of hydrogen-bond acceptors (Lipinski definition) is 4. The number of nitrogens with zero attached hydrogens (tertiary/aromatic N) is 3. The Morgan fingerprint density at radius 1 is 1.37 bits per heavy atom. The third-order valence-corrected chi connectivity index (χ3v) is 5.46. The number of aliphatic hydroxyl groups is 1. The molecule has 0 bridgehead atoms. The number of guanidine groups is 1. The topological polar surface area (TPSA) is 83.7 Å². The zero-order valence-electron chi connectivity index (χ0n) is 18.4. The fourth-order valence-corrected chi connectivity index (χ4v) is 3.75. The quantitative estimate of drug-likeness (QED) is 0.334. The highest BCUT2D eigenvalue weighted by Crippen LogP contribution is 2.32. The van der Waals surface area contributed by atoms with Gasteiger partial charge >= 0.3 is 0 Å². The van der Waals surface area contributed by atoms with Crippen molar-refractivity contribution in [1.82, 2.24) is 20.4 Å². The second-order valence-electron chi connectivity index (χ2n) is 8.10. The Morgan fingerprint density at radius 3 is 2.97 bits per heavy atom. The molecule has 1 aliphatic carbocycles. The van der Waals surface area contributed by atoms with Gasteiger partial charge in [0.2, 0.25) is 0 Å². The Labute approximate surface area is 179 Å². The fourth-order valence-electron chi connectivity index (χ4n) is 3.75. The van der Waals surface area contributed by atoms with Gasteiger partial charge in [0.25, 0.3) is 0 Å². The lowest BCUT2D eigenvalue weighted by atomic mass is 9.89. The van der Waals surface area contributed by atoms with Gasteiger partial charge in [-0.05, 0) is 50.7 Å². The average Bonchev–Trinajstić information content (AvgIpc) is 3.19. The second-order valence-corrected chi connectivity index (χ2v) is 8.10. The van der Waals surface area contributed by atoms with Crippen LogP contribution in [0.2, 0.25) is 0 Å². The lowest BCUT2D eigenvalue weighted by Crippen LogP contribution is -2.39. The van der Waals surface area contributed by atoms with E-state index in [1.807, 2.05) is 20.2 Å². The standard InChI is InChI=1S/C23H35N5O2/c1-4-24-22(26-17-23(2,29)19-15-27-28(3)16-19)25-13-8-14-30-21-12-7-10-18-9-5-6-11-20(18)21/h5-6,9,11,15-16,21,29H,4,7-8,10,12-14,17H2,1-3H3,(H2,24,25,26). The molecule has 0 spiro atoms. The zero-order valence-corrected chi connectivity index (χ0v) is 18.4. The predicted molar refractivity (Wildman–Crippen MR) is 119 cm³/mol. The van der Waals surface area contributed by atoms with Gasteiger partial charge in [-0.2, -0.15) is 5.10 Å². The van der Waals surface area contributed by atoms with Crippen molar-refractivity contribution in [3.05, 3.63) is 53.3 Å². The van der Waals surface area contributed by atoms with Crippen LogP contribution >= 0.6 is 0 Å². The highest BCUT2D eigenvalue weighted by molar-refractivity contribution is 5.79. The highest BCUT2D eigenvalue weighted by Gasteiger charge is 2.24. The molecule has 30 heavy (non-hydrogen) atoms. The lowest BCUT2D eigenvalue weighted by Gasteiger charge is -2.25. The van der Waals surface area contributed by atoms with Crippen LogP contribution in [0.25, 0.3) is 0 Å². The number of ether oxygens (including phenoxy) is 1. The van der Waals surface area contributed by atoms with E-state index in [9.17, 15) is 5.11 Å². The van der Waals surface area contributed by atoms with Crippen molar-refractivity contribution in [3.8, 4) is 0 Å². The smallest absolute Gasteiger partial charge is 0.191 e. The van der Waals surface area contributed by atoms with Crippen LogP contribution < -0.4 is 10.6 Å². The van der Waals surface area contributed by atoms with Crippen LogP contribution in [0.15, 0.2) is 41.7 Å². The summed E-state index contributed by atoms with van der Waals surface area (Å²) in [6, 6.07) is 8.62. The van der Waals surface area contributed by atoms with E-state index >= 15 is 0 Å². The highest BCUT2D eigenvalue weighted by atomic mass is 16.5. The summed E-state index contributed by atoms with van der Waals surface area (Å²) in [4.78, 5) is 4.55. The van der Waals surface area contributed by atoms with Crippen molar-refractivity contribution < 1.29 is 9.84 Å². The van der Waals surface area contributed by atoms with E-state index in [0.717, 1.165) is 37.9 Å². The lowest BCUT2D eigenvalue weighted by molar-refractivity contribution is 0.0397. The van der Waals surface area contributed by atoms with Crippen LogP contribution in [-0.2, 0) is 23.8 Å². The summed E-state index contributed by atoms with van der Waals surface area (Å²) >= 11 is 0. The van der Waals surface area contributed by atoms with E-state index < -0.39 is 5.60 Å². The normalized spacial score (nSPS) is 18.5. The molecule has 0 amide bonds. The summed E-state index contributed by atoms with van der Waals surface area (Å²) in [5, 5.41) is 21.4. The van der Waals surface area contributed by atoms with Crippen LogP contribution in [0, 0.1) is 0 Å². The fraction of sp³-hybridized carbons (Fsp3) is 0.565. The molecule has 0 saturated carbocycles. The number of aryl methyl sites for hydroxylation is 2. The molecule has 0 aliphatic heterocycles. The molecular weight excluding hydrogens is 378 g/mol. The first-order valence-electron chi connectivity index (χ1n) is 10.9. The molecule has 2 atom stereocenters. The van der Waals surface area contributed by atoms with Crippen LogP contribution in [-0.4, -0.2) is 47.1 Å². The van der Waals surface area contributed by atoms with E-state index in [2.05, 4.69) is 45.0 Å². The molecule has 7 nitrogen and oxygen atoms in total. The SMILES string of the molecule is CCNC(=NCC(C)(O)c1cnn(C)c1)NCCCOC1CCCc2ccccc21. The van der Waals surface area contributed by atoms with Crippen molar-refractivity contribution in [1.29, 1.82) is 0 Å². The van der Waals surface area contributed by atoms with Crippen molar-refractivity contribution in [2.75, 3.05) is 26.2 Å². The van der Waals surface area contributed by atoms with Gasteiger partial charge in [0, 0.05) is 38.5 Å². The minimum Gasteiger partial charge on any atom is -0.383 e. The summed E-state index contributed by atoms with van der Waals surface area (Å²) in [6.45, 7) is 6.26. The summed E-state index contributed by atoms with van der Waals surface area (Å²) in [5.41, 5.74) is 2.47. The van der Waals surface area contributed by atoms with Crippen LogP contribution in [0.3, 0.4) is 0 Å². The monoisotopic (exact) mass is 413 g/mol. The van der Waals surface area contributed by atoms with Gasteiger partial charge < -0.3 is 20.5 Å². The third-order valence-electron chi connectivity index (χ3n) is 5.46. The Bertz CT molecular complexity index is 831. The Kier molecular flexibility index (Phi) is 7.87. The number of aromatic nitrogens is 2. The molecule has 0 radical (unpaired) electrons. The average molecular weight is 414 g/mol. The van der Waals surface area contributed by atoms with E-state index in [4.69, 9.17) is 4.74 Å². The van der Waals surface area contributed by atoms with Crippen LogP contribution in [0.5, 0.6) is 0 Å². The summed E-state index contributed by atoms with van der Waals surface area (Å²) < 4.78 is 7.86. The maximum Gasteiger partial charge on any atom is 0.191 e. The maximum atomic E-state index is 10.7. The Balaban J connectivity index is 1.44. The number of aliphatic imine (C=N–C) groups is 1. The minimum absolute atomic E-state index is 0.214. The van der Waals surface area contributed by atoms with Gasteiger partial charge in [0.05, 0.1) is 18.8 Å². The maximum absolute atomic E-state index is 10.7. The van der Waals surface area contributed by atoms with Crippen molar-refractivity contribution in [2.24, 2.45) is 12.0 Å². The van der Waals surface area contributed by atoms with Crippen molar-refractivity contribution in [2.45, 2.75) is 51.2 Å². The Morgan fingerprint density at radius 2 is 2.20 bits per heavy atom. The van der Waals surface area contributed by atoms with Gasteiger partial charge in [-0.15, -0.1) is 0 Å². The molecule has 1 aromatic heterocycles. The van der Waals surface area contributed by atoms with Crippen LogP contribution in [0.4, 0.5) is 0 Å². The molecule has 3 rings (SSSR count). The Hall–Kier alpha value is -2.38. The molecule has 1 heterocycles. The number of hydrogen-bond donors (Lipinski definition) is 3. The van der Waals surface area contributed by atoms with Gasteiger partial charge in [0.1, 0.15) is 5.60 Å². The molecule has 2 aromatic rings. The molecular formula is C23H35N5O2. The van der Waals surface area contributed by atoms with Crippen molar-refractivity contribution >= 4 is 5.96 Å². The van der Waals surface area contributed by atoms with E-state index in [-0.39, 0.29) is 12.6 Å². The zero-order chi connectivity index (χ0) is 21.4. The van der Waals surface area contributed by atoms with E-state index in [0.29, 0.717) is 12.6 Å². The number of benzene rings is 1. The van der Waals surface area contributed by atoms with E-state index in [1.54, 1.807) is 17.8 Å². The summed E-state index contributed by atoms with van der Waals surface area (Å²) in [6.07, 6.45) is 8.04. The van der Waals surface area contributed by atoms with Gasteiger partial charge in [-0.1, -0.05) is 24.3 Å². The molecule has 1 aliphatic rings. The number of fused-ring (bicyclic) bond motifs is 1. The van der Waals surface area contributed by atoms with E-state index in [1.165, 1.54) is 17.5 Å². The number of nitrogens with one attached hydrogen (secondary N) is 2. The molecule has 7 heteroatoms. The summed E-state index contributed by atoms with van der Waals surface area (Å²) in [7, 11) is 1.84. The van der Waals surface area contributed by atoms with Crippen molar-refractivity contribution in [3.63, 3.8) is 0 Å². The first kappa shape index (κ1) is 22.3. The largest absolute Gasteiger partial charge is 0.383 e. The molecule has 2 unspecified atom stereocenters. The molecule has 0 fully saturated rings. The first-order chi connectivity index (χ1) is 14.5. The molecule has 3 N–H and O–H groups in total.